The predicted octanol–water partition coefficient (Wildman–Crippen LogP) is 0.613. The lowest BCUT2D eigenvalue weighted by molar-refractivity contribution is 0.247. The van der Waals surface area contributed by atoms with Gasteiger partial charge in [0.2, 0.25) is 0 Å². The average molecular weight is 164 g/mol. The monoisotopic (exact) mass is 164 g/mol. The van der Waals surface area contributed by atoms with Crippen LogP contribution in [0.3, 0.4) is 0 Å². The molecule has 5 nitrogen and oxygen atoms in total. The van der Waals surface area contributed by atoms with Crippen molar-refractivity contribution < 1.29 is 4.79 Å². The second-order valence-corrected chi connectivity index (χ2v) is 1.88. The largest absolute Gasteiger partial charge is 0.331 e. The molecule has 1 aromatic heterocycles. The van der Waals surface area contributed by atoms with Crippen LogP contribution in [0.25, 0.3) is 0 Å². The highest BCUT2D eigenvalue weighted by Crippen LogP contribution is 1.82. The van der Waals surface area contributed by atoms with Crippen molar-refractivity contribution >= 4 is 12.4 Å². The summed E-state index contributed by atoms with van der Waals surface area (Å²) in [4.78, 5) is 18.4. The summed E-state index contributed by atoms with van der Waals surface area (Å²) >= 11 is 0. The van der Waals surface area contributed by atoms with Gasteiger partial charge in [0.25, 0.3) is 0 Å². The SMILES string of the molecule is C=C/N=C\NC(=O)n1ccnc1. The van der Waals surface area contributed by atoms with Crippen LogP contribution >= 0.6 is 0 Å². The Kier molecular flexibility index (Phi) is 2.78. The maximum Gasteiger partial charge on any atom is 0.331 e. The molecular weight excluding hydrogens is 156 g/mol. The zero-order chi connectivity index (χ0) is 8.81. The summed E-state index contributed by atoms with van der Waals surface area (Å²) in [5, 5.41) is 2.41. The molecule has 62 valence electrons. The van der Waals surface area contributed by atoms with E-state index in [1.165, 1.54) is 35.8 Å². The van der Waals surface area contributed by atoms with E-state index in [-0.39, 0.29) is 6.03 Å². The Balaban J connectivity index is 2.50. The second-order valence-electron chi connectivity index (χ2n) is 1.88. The summed E-state index contributed by atoms with van der Waals surface area (Å²) in [5.41, 5.74) is 0. The summed E-state index contributed by atoms with van der Waals surface area (Å²) in [5.74, 6) is 0. The molecule has 1 heterocycles. The molecule has 1 amide bonds. The summed E-state index contributed by atoms with van der Waals surface area (Å²) in [6.45, 7) is 3.35. The Hall–Kier alpha value is -1.91. The molecule has 0 fully saturated rings. The highest BCUT2D eigenvalue weighted by atomic mass is 16.2. The Morgan fingerprint density at radius 2 is 2.58 bits per heavy atom. The third kappa shape index (κ3) is 2.05. The molecule has 0 aliphatic heterocycles. The standard InChI is InChI=1S/C7H8N4O/c1-2-8-5-10-7(12)11-4-3-9-6-11/h2-6H,1H2,(H,8,10,12). The van der Waals surface area contributed by atoms with E-state index in [0.717, 1.165) is 0 Å². The minimum absolute atomic E-state index is 0.307. The van der Waals surface area contributed by atoms with Crippen LogP contribution in [0, 0.1) is 0 Å². The number of aromatic nitrogens is 2. The van der Waals surface area contributed by atoms with Crippen molar-refractivity contribution in [3.8, 4) is 0 Å². The fourth-order valence-electron chi connectivity index (χ4n) is 0.599. The highest BCUT2D eigenvalue weighted by molar-refractivity contribution is 5.87. The molecule has 0 bridgehead atoms. The van der Waals surface area contributed by atoms with E-state index in [1.54, 1.807) is 0 Å². The van der Waals surface area contributed by atoms with Gasteiger partial charge in [0, 0.05) is 18.6 Å². The van der Waals surface area contributed by atoms with Gasteiger partial charge < -0.3 is 0 Å². The molecule has 0 aliphatic rings. The number of hydrogen-bond donors (Lipinski definition) is 1. The van der Waals surface area contributed by atoms with E-state index in [0.29, 0.717) is 0 Å². The van der Waals surface area contributed by atoms with Gasteiger partial charge in [0.15, 0.2) is 0 Å². The first kappa shape index (κ1) is 8.19. The van der Waals surface area contributed by atoms with Gasteiger partial charge in [-0.3, -0.25) is 9.88 Å². The smallest absolute Gasteiger partial charge is 0.298 e. The van der Waals surface area contributed by atoms with E-state index in [9.17, 15) is 4.79 Å². The van der Waals surface area contributed by atoms with Gasteiger partial charge in [-0.1, -0.05) is 6.58 Å². The Morgan fingerprint density at radius 3 is 3.17 bits per heavy atom. The van der Waals surface area contributed by atoms with Gasteiger partial charge in [-0.2, -0.15) is 0 Å². The van der Waals surface area contributed by atoms with E-state index in [4.69, 9.17) is 0 Å². The van der Waals surface area contributed by atoms with Crippen molar-refractivity contribution in [3.05, 3.63) is 31.5 Å². The van der Waals surface area contributed by atoms with Crippen molar-refractivity contribution in [2.45, 2.75) is 0 Å². The van der Waals surface area contributed by atoms with Crippen molar-refractivity contribution in [2.24, 2.45) is 4.99 Å². The molecule has 1 N–H and O–H groups in total. The normalized spacial score (nSPS) is 10.0. The first-order valence-corrected chi connectivity index (χ1v) is 3.26. The molecule has 0 aliphatic carbocycles. The highest BCUT2D eigenvalue weighted by Gasteiger charge is 1.97. The molecule has 0 saturated carbocycles. The first-order valence-electron chi connectivity index (χ1n) is 3.26. The summed E-state index contributed by atoms with van der Waals surface area (Å²) in [6, 6.07) is -0.307. The number of hydrogen-bond acceptors (Lipinski definition) is 3. The molecule has 0 saturated heterocycles. The molecule has 0 spiro atoms. The number of imidazole rings is 1. The van der Waals surface area contributed by atoms with Crippen LogP contribution in [0.4, 0.5) is 4.79 Å². The van der Waals surface area contributed by atoms with E-state index >= 15 is 0 Å². The zero-order valence-electron chi connectivity index (χ0n) is 6.34. The Morgan fingerprint density at radius 1 is 1.75 bits per heavy atom. The fraction of sp³-hybridized carbons (Fsp3) is 0. The fourth-order valence-corrected chi connectivity index (χ4v) is 0.599. The van der Waals surface area contributed by atoms with Crippen molar-refractivity contribution in [2.75, 3.05) is 0 Å². The molecule has 5 heteroatoms. The summed E-state index contributed by atoms with van der Waals surface area (Å²) < 4.78 is 1.30. The van der Waals surface area contributed by atoms with Gasteiger partial charge in [-0.15, -0.1) is 0 Å². The lowest BCUT2D eigenvalue weighted by Gasteiger charge is -1.96. The number of rotatable bonds is 2. The molecule has 12 heavy (non-hydrogen) atoms. The van der Waals surface area contributed by atoms with Crippen LogP contribution in [-0.2, 0) is 0 Å². The minimum Gasteiger partial charge on any atom is -0.298 e. The number of nitrogens with zero attached hydrogens (tertiary/aromatic N) is 3. The first-order chi connectivity index (χ1) is 5.84. The van der Waals surface area contributed by atoms with E-state index in [1.807, 2.05) is 0 Å². The lowest BCUT2D eigenvalue weighted by atomic mass is 10.8. The molecular formula is C7H8N4O. The topological polar surface area (TPSA) is 59.3 Å². The maximum atomic E-state index is 11.1. The van der Waals surface area contributed by atoms with Crippen LogP contribution in [0.2, 0.25) is 0 Å². The number of amides is 1. The predicted molar refractivity (Wildman–Crippen MR) is 44.8 cm³/mol. The van der Waals surface area contributed by atoms with Crippen LogP contribution in [0.15, 0.2) is 36.5 Å². The Labute approximate surface area is 69.4 Å². The average Bonchev–Trinajstić information content (AvgIpc) is 2.56. The molecule has 0 atom stereocenters. The summed E-state index contributed by atoms with van der Waals surface area (Å²) in [6.07, 6.45) is 7.04. The molecule has 0 aromatic carbocycles. The molecule has 0 unspecified atom stereocenters. The Bertz CT molecular complexity index is 288. The second kappa shape index (κ2) is 4.07. The molecule has 1 aromatic rings. The number of carbonyl (C=O) groups is 1. The quantitative estimate of drug-likeness (QED) is 0.514. The summed E-state index contributed by atoms with van der Waals surface area (Å²) in [7, 11) is 0. The van der Waals surface area contributed by atoms with E-state index < -0.39 is 0 Å². The van der Waals surface area contributed by atoms with Gasteiger partial charge >= 0.3 is 6.03 Å². The van der Waals surface area contributed by atoms with Gasteiger partial charge in [0.05, 0.1) is 6.34 Å². The van der Waals surface area contributed by atoms with Gasteiger partial charge in [-0.25, -0.2) is 14.8 Å². The maximum absolute atomic E-state index is 11.1. The minimum atomic E-state index is -0.307. The third-order valence-corrected chi connectivity index (χ3v) is 1.11. The van der Waals surface area contributed by atoms with Crippen molar-refractivity contribution in [1.82, 2.24) is 14.9 Å². The third-order valence-electron chi connectivity index (χ3n) is 1.11. The van der Waals surface area contributed by atoms with Gasteiger partial charge in [0.1, 0.15) is 6.33 Å². The van der Waals surface area contributed by atoms with Crippen molar-refractivity contribution in [3.63, 3.8) is 0 Å². The molecule has 0 radical (unpaired) electrons. The molecule has 1 rings (SSSR count). The lowest BCUT2D eigenvalue weighted by Crippen LogP contribution is -2.25. The van der Waals surface area contributed by atoms with Crippen LogP contribution in [-0.4, -0.2) is 21.9 Å². The van der Waals surface area contributed by atoms with Crippen LogP contribution < -0.4 is 5.32 Å². The zero-order valence-corrected chi connectivity index (χ0v) is 6.34. The van der Waals surface area contributed by atoms with E-state index in [2.05, 4.69) is 21.9 Å². The van der Waals surface area contributed by atoms with Crippen LogP contribution in [0.1, 0.15) is 0 Å². The van der Waals surface area contributed by atoms with Crippen LogP contribution in [0.5, 0.6) is 0 Å². The van der Waals surface area contributed by atoms with Crippen molar-refractivity contribution in [1.29, 1.82) is 0 Å². The number of carbonyl (C=O) groups excluding carboxylic acids is 1. The number of nitrogens with one attached hydrogen (secondary N) is 1. The van der Waals surface area contributed by atoms with Gasteiger partial charge in [-0.05, 0) is 0 Å². The number of aliphatic imine (C=N–C) groups is 1.